The highest BCUT2D eigenvalue weighted by atomic mass is 32.2. The van der Waals surface area contributed by atoms with E-state index in [0.29, 0.717) is 36.4 Å². The summed E-state index contributed by atoms with van der Waals surface area (Å²) in [6.07, 6.45) is 1.14. The van der Waals surface area contributed by atoms with E-state index in [2.05, 4.69) is 15.5 Å². The minimum Gasteiger partial charge on any atom is -0.497 e. The van der Waals surface area contributed by atoms with E-state index in [1.54, 1.807) is 35.7 Å². The second-order valence-corrected chi connectivity index (χ2v) is 10.2. The summed E-state index contributed by atoms with van der Waals surface area (Å²) in [5.41, 5.74) is 0.519. The number of piperidine rings is 1. The molecule has 4 rings (SSSR count). The van der Waals surface area contributed by atoms with Gasteiger partial charge in [-0.15, -0.1) is 16.4 Å². The van der Waals surface area contributed by atoms with Crippen molar-refractivity contribution in [3.8, 4) is 23.0 Å². The predicted molar refractivity (Wildman–Crippen MR) is 117 cm³/mol. The van der Waals surface area contributed by atoms with Gasteiger partial charge < -0.3 is 13.9 Å². The molecule has 12 heteroatoms. The Labute approximate surface area is 189 Å². The average Bonchev–Trinajstić information content (AvgIpc) is 3.51. The molecule has 1 unspecified atom stereocenters. The van der Waals surface area contributed by atoms with E-state index in [9.17, 15) is 13.2 Å². The molecule has 170 valence electrons. The van der Waals surface area contributed by atoms with Gasteiger partial charge in [-0.05, 0) is 42.5 Å². The third-order valence-corrected chi connectivity index (χ3v) is 8.37. The molecule has 1 aliphatic heterocycles. The molecule has 1 saturated heterocycles. The molecule has 10 nitrogen and oxygen atoms in total. The zero-order valence-corrected chi connectivity index (χ0v) is 19.1. The lowest BCUT2D eigenvalue weighted by molar-refractivity contribution is -0.121. The maximum absolute atomic E-state index is 12.8. The Balaban J connectivity index is 1.47. The molecule has 1 aromatic carbocycles. The van der Waals surface area contributed by atoms with Crippen molar-refractivity contribution in [1.82, 2.24) is 14.5 Å². The van der Waals surface area contributed by atoms with Gasteiger partial charge in [0, 0.05) is 13.1 Å². The van der Waals surface area contributed by atoms with Gasteiger partial charge in [-0.1, -0.05) is 11.2 Å². The maximum atomic E-state index is 12.8. The number of nitrogens with zero attached hydrogens (tertiary/aromatic N) is 3. The first-order valence-electron chi connectivity index (χ1n) is 9.83. The number of ether oxygens (including phenoxy) is 2. The first kappa shape index (κ1) is 22.2. The number of rotatable bonds is 7. The van der Waals surface area contributed by atoms with Crippen LogP contribution < -0.4 is 14.8 Å². The molecule has 1 amide bonds. The third-order valence-electron chi connectivity index (χ3n) is 5.14. The van der Waals surface area contributed by atoms with E-state index in [1.807, 2.05) is 0 Å². The van der Waals surface area contributed by atoms with Gasteiger partial charge in [0.2, 0.25) is 5.91 Å². The number of hydrogen-bond acceptors (Lipinski definition) is 9. The number of thiophene rings is 1. The van der Waals surface area contributed by atoms with Gasteiger partial charge in [-0.2, -0.15) is 4.31 Å². The van der Waals surface area contributed by atoms with Crippen molar-refractivity contribution in [3.05, 3.63) is 35.7 Å². The quantitative estimate of drug-likeness (QED) is 0.550. The topological polar surface area (TPSA) is 124 Å². The highest BCUT2D eigenvalue weighted by Crippen LogP contribution is 2.33. The number of methoxy groups -OCH3 is 2. The molecule has 1 atom stereocenters. The number of nitrogens with one attached hydrogen (secondary N) is 1. The summed E-state index contributed by atoms with van der Waals surface area (Å²) in [5.74, 6) is 0.346. The Morgan fingerprint density at radius 1 is 1.25 bits per heavy atom. The van der Waals surface area contributed by atoms with Gasteiger partial charge in [0.1, 0.15) is 15.7 Å². The number of sulfonamides is 1. The number of amides is 1. The Morgan fingerprint density at radius 3 is 2.81 bits per heavy atom. The average molecular weight is 479 g/mol. The first-order valence-corrected chi connectivity index (χ1v) is 12.1. The summed E-state index contributed by atoms with van der Waals surface area (Å²) in [4.78, 5) is 12.8. The monoisotopic (exact) mass is 478 g/mol. The molecule has 3 aromatic rings. The zero-order chi connectivity index (χ0) is 22.7. The lowest BCUT2D eigenvalue weighted by atomic mass is 9.99. The summed E-state index contributed by atoms with van der Waals surface area (Å²) < 4.78 is 43.4. The summed E-state index contributed by atoms with van der Waals surface area (Å²) in [5, 5.41) is 12.2. The van der Waals surface area contributed by atoms with Crippen molar-refractivity contribution in [2.24, 2.45) is 5.92 Å². The number of benzene rings is 1. The zero-order valence-electron chi connectivity index (χ0n) is 17.5. The Bertz CT molecular complexity index is 1190. The second-order valence-electron chi connectivity index (χ2n) is 7.10. The van der Waals surface area contributed by atoms with E-state index in [1.165, 1.54) is 18.5 Å². The van der Waals surface area contributed by atoms with Crippen LogP contribution >= 0.6 is 11.3 Å². The summed E-state index contributed by atoms with van der Waals surface area (Å²) in [7, 11) is -0.553. The Hall–Kier alpha value is -2.96. The number of carbonyl (C=O) groups excluding carboxylic acids is 1. The van der Waals surface area contributed by atoms with Gasteiger partial charge in [-0.3, -0.25) is 10.1 Å². The van der Waals surface area contributed by atoms with Crippen molar-refractivity contribution < 1.29 is 27.1 Å². The van der Waals surface area contributed by atoms with Crippen LogP contribution in [0.1, 0.15) is 12.8 Å². The standard InChI is InChI=1S/C20H22N4O6S2/c1-28-14-7-8-16(29-2)15(11-14)19-22-23-20(30-19)21-18(25)13-5-3-9-24(12-13)32(26,27)17-6-4-10-31-17/h4,6-8,10-11,13H,3,5,9,12H2,1-2H3,(H,21,23,25). The van der Waals surface area contributed by atoms with Crippen LogP contribution in [0.5, 0.6) is 11.5 Å². The fourth-order valence-electron chi connectivity index (χ4n) is 3.48. The van der Waals surface area contributed by atoms with Gasteiger partial charge >= 0.3 is 6.01 Å². The van der Waals surface area contributed by atoms with Crippen LogP contribution in [0.2, 0.25) is 0 Å². The lowest BCUT2D eigenvalue weighted by Gasteiger charge is -2.30. The van der Waals surface area contributed by atoms with Crippen molar-refractivity contribution in [3.63, 3.8) is 0 Å². The van der Waals surface area contributed by atoms with E-state index < -0.39 is 15.9 Å². The lowest BCUT2D eigenvalue weighted by Crippen LogP contribution is -2.43. The van der Waals surface area contributed by atoms with E-state index in [4.69, 9.17) is 13.9 Å². The predicted octanol–water partition coefficient (Wildman–Crippen LogP) is 2.85. The molecular weight excluding hydrogens is 456 g/mol. The van der Waals surface area contributed by atoms with Crippen molar-refractivity contribution >= 4 is 33.3 Å². The van der Waals surface area contributed by atoms with Crippen LogP contribution in [-0.4, -0.2) is 56.1 Å². The van der Waals surface area contributed by atoms with Crippen LogP contribution in [0.4, 0.5) is 6.01 Å². The van der Waals surface area contributed by atoms with Crippen LogP contribution in [0.3, 0.4) is 0 Å². The highest BCUT2D eigenvalue weighted by Gasteiger charge is 2.34. The molecule has 0 saturated carbocycles. The van der Waals surface area contributed by atoms with Gasteiger partial charge in [0.25, 0.3) is 15.9 Å². The fourth-order valence-corrected chi connectivity index (χ4v) is 6.15. The van der Waals surface area contributed by atoms with Gasteiger partial charge in [0.05, 0.1) is 25.7 Å². The van der Waals surface area contributed by atoms with E-state index in [0.717, 1.165) is 11.3 Å². The number of carbonyl (C=O) groups is 1. The number of hydrogen-bond donors (Lipinski definition) is 1. The molecule has 0 spiro atoms. The van der Waals surface area contributed by atoms with Crippen LogP contribution in [0.15, 0.2) is 44.3 Å². The van der Waals surface area contributed by atoms with E-state index >= 15 is 0 Å². The minimum absolute atomic E-state index is 0.0758. The number of aromatic nitrogens is 2. The van der Waals surface area contributed by atoms with Gasteiger partial charge in [-0.25, -0.2) is 8.42 Å². The third kappa shape index (κ3) is 4.47. The van der Waals surface area contributed by atoms with Crippen LogP contribution in [0, 0.1) is 5.92 Å². The maximum Gasteiger partial charge on any atom is 0.322 e. The van der Waals surface area contributed by atoms with Crippen molar-refractivity contribution in [2.75, 3.05) is 32.6 Å². The molecule has 32 heavy (non-hydrogen) atoms. The number of anilines is 1. The molecule has 1 fully saturated rings. The molecule has 0 aliphatic carbocycles. The van der Waals surface area contributed by atoms with Gasteiger partial charge in [0.15, 0.2) is 0 Å². The largest absolute Gasteiger partial charge is 0.497 e. The summed E-state index contributed by atoms with van der Waals surface area (Å²) in [6.45, 7) is 0.473. The molecule has 0 bridgehead atoms. The molecule has 2 aromatic heterocycles. The normalized spacial score (nSPS) is 17.1. The smallest absolute Gasteiger partial charge is 0.322 e. The SMILES string of the molecule is COc1ccc(OC)c(-c2nnc(NC(=O)C3CCCN(S(=O)(=O)c4cccs4)C3)o2)c1. The molecule has 1 aliphatic rings. The fraction of sp³-hybridized carbons (Fsp3) is 0.350. The molecule has 3 heterocycles. The highest BCUT2D eigenvalue weighted by molar-refractivity contribution is 7.91. The molecule has 1 N–H and O–H groups in total. The van der Waals surface area contributed by atoms with Crippen LogP contribution in [0.25, 0.3) is 11.5 Å². The minimum atomic E-state index is -3.61. The molecular formula is C20H22N4O6S2. The second kappa shape index (κ2) is 9.27. The van der Waals surface area contributed by atoms with E-state index in [-0.39, 0.29) is 28.6 Å². The van der Waals surface area contributed by atoms with Crippen molar-refractivity contribution in [2.45, 2.75) is 17.1 Å². The Morgan fingerprint density at radius 2 is 2.09 bits per heavy atom. The Kier molecular flexibility index (Phi) is 6.44. The van der Waals surface area contributed by atoms with Crippen LogP contribution in [-0.2, 0) is 14.8 Å². The summed E-state index contributed by atoms with van der Waals surface area (Å²) >= 11 is 1.16. The van der Waals surface area contributed by atoms with Crippen molar-refractivity contribution in [1.29, 1.82) is 0 Å². The molecule has 0 radical (unpaired) electrons. The first-order chi connectivity index (χ1) is 15.4. The summed E-state index contributed by atoms with van der Waals surface area (Å²) in [6, 6.07) is 8.31.